The summed E-state index contributed by atoms with van der Waals surface area (Å²) in [4.78, 5) is 4.43. The number of benzene rings is 1. The minimum Gasteiger partial charge on any atom is -0.489 e. The lowest BCUT2D eigenvalue weighted by molar-refractivity contribution is 0.305. The fourth-order valence-corrected chi connectivity index (χ4v) is 1.92. The van der Waals surface area contributed by atoms with E-state index in [0.29, 0.717) is 12.3 Å². The van der Waals surface area contributed by atoms with Gasteiger partial charge >= 0.3 is 0 Å². The van der Waals surface area contributed by atoms with Gasteiger partial charge in [0.2, 0.25) is 0 Å². The second-order valence-corrected chi connectivity index (χ2v) is 4.97. The first kappa shape index (κ1) is 13.0. The number of halogens is 1. The quantitative estimate of drug-likeness (QED) is 0.879. The molecular formula is C13H11BrN2OS. The fourth-order valence-electron chi connectivity index (χ4n) is 1.47. The van der Waals surface area contributed by atoms with Gasteiger partial charge in [0.05, 0.1) is 0 Å². The van der Waals surface area contributed by atoms with E-state index in [1.165, 1.54) is 0 Å². The van der Waals surface area contributed by atoms with E-state index in [2.05, 4.69) is 20.9 Å². The molecule has 18 heavy (non-hydrogen) atoms. The molecular weight excluding hydrogens is 312 g/mol. The molecule has 0 amide bonds. The van der Waals surface area contributed by atoms with Crippen LogP contribution in [-0.4, -0.2) is 9.97 Å². The van der Waals surface area contributed by atoms with Crippen molar-refractivity contribution in [1.82, 2.24) is 4.98 Å². The van der Waals surface area contributed by atoms with Crippen molar-refractivity contribution >= 4 is 33.1 Å². The Labute approximate surface area is 119 Å². The number of aromatic nitrogens is 1. The highest BCUT2D eigenvalue weighted by Gasteiger charge is 2.06. The third kappa shape index (κ3) is 3.27. The molecule has 2 rings (SSSR count). The normalized spacial score (nSPS) is 10.1. The van der Waals surface area contributed by atoms with Crippen molar-refractivity contribution in [3.8, 4) is 5.75 Å². The summed E-state index contributed by atoms with van der Waals surface area (Å²) in [6.07, 6.45) is 1.66. The van der Waals surface area contributed by atoms with Crippen LogP contribution in [0.3, 0.4) is 0 Å². The molecule has 0 aliphatic rings. The third-order valence-corrected chi connectivity index (χ3v) is 3.05. The molecule has 0 saturated heterocycles. The van der Waals surface area contributed by atoms with Crippen molar-refractivity contribution in [2.24, 2.45) is 5.73 Å². The van der Waals surface area contributed by atoms with Gasteiger partial charge in [-0.25, -0.2) is 0 Å². The third-order valence-electron chi connectivity index (χ3n) is 2.33. The van der Waals surface area contributed by atoms with Crippen molar-refractivity contribution in [1.29, 1.82) is 0 Å². The van der Waals surface area contributed by atoms with E-state index in [9.17, 15) is 0 Å². The second kappa shape index (κ2) is 5.93. The molecule has 2 aromatic rings. The van der Waals surface area contributed by atoms with Gasteiger partial charge in [0.25, 0.3) is 0 Å². The number of hydrogen-bond donors (Lipinski definition) is 1. The van der Waals surface area contributed by atoms with Gasteiger partial charge in [0.1, 0.15) is 23.0 Å². The molecule has 0 unspecified atom stereocenters. The Balaban J connectivity index is 2.10. The van der Waals surface area contributed by atoms with Crippen LogP contribution in [0.15, 0.2) is 47.1 Å². The van der Waals surface area contributed by atoms with Gasteiger partial charge in [-0.15, -0.1) is 0 Å². The minimum absolute atomic E-state index is 0.282. The Bertz CT molecular complexity index is 557. The molecule has 0 saturated carbocycles. The van der Waals surface area contributed by atoms with E-state index >= 15 is 0 Å². The zero-order valence-corrected chi connectivity index (χ0v) is 11.9. The van der Waals surface area contributed by atoms with Gasteiger partial charge in [-0.3, -0.25) is 4.98 Å². The Morgan fingerprint density at radius 3 is 2.67 bits per heavy atom. The second-order valence-electron chi connectivity index (χ2n) is 3.62. The van der Waals surface area contributed by atoms with E-state index in [1.807, 2.05) is 36.4 Å². The van der Waals surface area contributed by atoms with Crippen LogP contribution in [0.5, 0.6) is 5.75 Å². The van der Waals surface area contributed by atoms with Gasteiger partial charge in [0, 0.05) is 16.2 Å². The number of ether oxygens (including phenoxy) is 1. The van der Waals surface area contributed by atoms with Crippen LogP contribution >= 0.6 is 28.1 Å². The molecule has 0 atom stereocenters. The Kier molecular flexibility index (Phi) is 4.28. The summed E-state index contributed by atoms with van der Waals surface area (Å²) in [5, 5.41) is 0. The molecule has 1 heterocycles. The van der Waals surface area contributed by atoms with E-state index in [0.717, 1.165) is 15.8 Å². The molecule has 0 aliphatic carbocycles. The molecule has 0 radical (unpaired) electrons. The van der Waals surface area contributed by atoms with Crippen LogP contribution in [0.25, 0.3) is 0 Å². The number of rotatable bonds is 4. The molecule has 1 aromatic carbocycles. The Hall–Kier alpha value is -1.46. The maximum absolute atomic E-state index is 5.66. The first-order chi connectivity index (χ1) is 8.66. The first-order valence-electron chi connectivity index (χ1n) is 5.29. The standard InChI is InChI=1S/C13H11BrN2OS/c14-10-3-5-11(6-4-10)17-8-9-2-1-7-16-12(9)13(15)18/h1-7H,8H2,(H2,15,18). The SMILES string of the molecule is NC(=S)c1ncccc1COc1ccc(Br)cc1. The first-order valence-corrected chi connectivity index (χ1v) is 6.49. The zero-order chi connectivity index (χ0) is 13.0. The van der Waals surface area contributed by atoms with E-state index in [1.54, 1.807) is 6.20 Å². The summed E-state index contributed by atoms with van der Waals surface area (Å²) in [5.41, 5.74) is 7.11. The minimum atomic E-state index is 0.282. The lowest BCUT2D eigenvalue weighted by Crippen LogP contribution is -2.15. The summed E-state index contributed by atoms with van der Waals surface area (Å²) in [6.45, 7) is 0.391. The number of thiocarbonyl (C=S) groups is 1. The van der Waals surface area contributed by atoms with Gasteiger partial charge in [0.15, 0.2) is 0 Å². The number of nitrogens with two attached hydrogens (primary N) is 1. The van der Waals surface area contributed by atoms with Crippen LogP contribution in [0, 0.1) is 0 Å². The van der Waals surface area contributed by atoms with E-state index < -0.39 is 0 Å². The van der Waals surface area contributed by atoms with Crippen molar-refractivity contribution < 1.29 is 4.74 Å². The maximum Gasteiger partial charge on any atom is 0.123 e. The molecule has 0 spiro atoms. The van der Waals surface area contributed by atoms with Crippen molar-refractivity contribution in [3.05, 3.63) is 58.3 Å². The molecule has 0 bridgehead atoms. The van der Waals surface area contributed by atoms with Gasteiger partial charge in [-0.1, -0.05) is 34.2 Å². The van der Waals surface area contributed by atoms with Crippen LogP contribution in [0.1, 0.15) is 11.3 Å². The average Bonchev–Trinajstić information content (AvgIpc) is 2.38. The maximum atomic E-state index is 5.66. The van der Waals surface area contributed by atoms with Crippen LogP contribution in [0.2, 0.25) is 0 Å². The zero-order valence-electron chi connectivity index (χ0n) is 9.47. The molecule has 5 heteroatoms. The summed E-state index contributed by atoms with van der Waals surface area (Å²) < 4.78 is 6.68. The smallest absolute Gasteiger partial charge is 0.123 e. The van der Waals surface area contributed by atoms with Gasteiger partial charge in [-0.2, -0.15) is 0 Å². The molecule has 0 aliphatic heterocycles. The molecule has 92 valence electrons. The van der Waals surface area contributed by atoms with Crippen LogP contribution in [0.4, 0.5) is 0 Å². The summed E-state index contributed by atoms with van der Waals surface area (Å²) in [6, 6.07) is 11.4. The number of pyridine rings is 1. The van der Waals surface area contributed by atoms with Crippen molar-refractivity contribution in [3.63, 3.8) is 0 Å². The number of nitrogens with zero attached hydrogens (tertiary/aromatic N) is 1. The number of hydrogen-bond acceptors (Lipinski definition) is 3. The fraction of sp³-hybridized carbons (Fsp3) is 0.0769. The average molecular weight is 323 g/mol. The molecule has 2 N–H and O–H groups in total. The highest BCUT2D eigenvalue weighted by molar-refractivity contribution is 9.10. The van der Waals surface area contributed by atoms with Gasteiger partial charge < -0.3 is 10.5 Å². The highest BCUT2D eigenvalue weighted by atomic mass is 79.9. The van der Waals surface area contributed by atoms with Crippen molar-refractivity contribution in [2.75, 3.05) is 0 Å². The molecule has 3 nitrogen and oxygen atoms in total. The van der Waals surface area contributed by atoms with Crippen LogP contribution < -0.4 is 10.5 Å². The molecule has 0 fully saturated rings. The lowest BCUT2D eigenvalue weighted by atomic mass is 10.2. The predicted molar refractivity (Wildman–Crippen MR) is 78.6 cm³/mol. The summed E-state index contributed by atoms with van der Waals surface area (Å²) in [7, 11) is 0. The molecule has 1 aromatic heterocycles. The van der Waals surface area contributed by atoms with E-state index in [4.69, 9.17) is 22.7 Å². The lowest BCUT2D eigenvalue weighted by Gasteiger charge is -2.09. The van der Waals surface area contributed by atoms with Crippen molar-refractivity contribution in [2.45, 2.75) is 6.61 Å². The summed E-state index contributed by atoms with van der Waals surface area (Å²) >= 11 is 8.32. The van der Waals surface area contributed by atoms with Gasteiger partial charge in [-0.05, 0) is 30.3 Å². The topological polar surface area (TPSA) is 48.1 Å². The Morgan fingerprint density at radius 1 is 1.28 bits per heavy atom. The Morgan fingerprint density at radius 2 is 2.00 bits per heavy atom. The summed E-state index contributed by atoms with van der Waals surface area (Å²) in [5.74, 6) is 0.788. The van der Waals surface area contributed by atoms with Crippen LogP contribution in [-0.2, 0) is 6.61 Å². The monoisotopic (exact) mass is 322 g/mol. The van der Waals surface area contributed by atoms with E-state index in [-0.39, 0.29) is 4.99 Å². The predicted octanol–water partition coefficient (Wildman–Crippen LogP) is 3.06. The largest absolute Gasteiger partial charge is 0.489 e. The highest BCUT2D eigenvalue weighted by Crippen LogP contribution is 2.18.